The number of rotatable bonds is 6. The molecule has 5 rings (SSSR count). The van der Waals surface area contributed by atoms with E-state index in [0.29, 0.717) is 27.5 Å². The Balaban J connectivity index is 1.57. The first-order valence-corrected chi connectivity index (χ1v) is 11.6. The normalized spacial score (nSPS) is 11.3. The number of carbonyl (C=O) groups is 1. The van der Waals surface area contributed by atoms with E-state index in [0.717, 1.165) is 15.6 Å². The van der Waals surface area contributed by atoms with Crippen molar-refractivity contribution in [2.24, 2.45) is 0 Å². The minimum atomic E-state index is -0.393. The number of ketones is 1. The van der Waals surface area contributed by atoms with Gasteiger partial charge in [0.2, 0.25) is 0 Å². The molecule has 0 amide bonds. The van der Waals surface area contributed by atoms with E-state index < -0.39 is 5.82 Å². The molecule has 158 valence electrons. The molecule has 0 fully saturated rings. The fraction of sp³-hybridized carbons (Fsp3) is 0.0833. The van der Waals surface area contributed by atoms with Crippen molar-refractivity contribution >= 4 is 49.2 Å². The Kier molecular flexibility index (Phi) is 5.55. The van der Waals surface area contributed by atoms with E-state index in [2.05, 4.69) is 4.98 Å². The van der Waals surface area contributed by atoms with Gasteiger partial charge < -0.3 is 0 Å². The number of Topliss-reactive ketones (excluding diaryl/α,β-unsaturated/α-hetero) is 1. The average Bonchev–Trinajstić information content (AvgIpc) is 3.19. The highest BCUT2D eigenvalue weighted by Crippen LogP contribution is 2.32. The molecule has 5 aromatic rings. The van der Waals surface area contributed by atoms with Crippen LogP contribution in [0.15, 0.2) is 83.0 Å². The van der Waals surface area contributed by atoms with Gasteiger partial charge in [-0.15, -0.1) is 11.3 Å². The molecule has 3 heterocycles. The number of pyridine rings is 1. The number of halogens is 1. The lowest BCUT2D eigenvalue weighted by Gasteiger charge is -2.12. The summed E-state index contributed by atoms with van der Waals surface area (Å²) in [4.78, 5) is 35.0. The average molecular weight is 462 g/mol. The number of benzene rings is 2. The summed E-state index contributed by atoms with van der Waals surface area (Å²) in [6.07, 6.45) is 3.39. The molecule has 0 unspecified atom stereocenters. The van der Waals surface area contributed by atoms with Crippen molar-refractivity contribution in [3.8, 4) is 0 Å². The summed E-state index contributed by atoms with van der Waals surface area (Å²) >= 11 is 2.63. The minimum absolute atomic E-state index is 0.0820. The fourth-order valence-corrected chi connectivity index (χ4v) is 5.40. The lowest BCUT2D eigenvalue weighted by atomic mass is 10.1. The molecule has 32 heavy (non-hydrogen) atoms. The number of hydrogen-bond acceptors (Lipinski definition) is 6. The number of nitrogens with zero attached hydrogens (tertiary/aromatic N) is 3. The summed E-state index contributed by atoms with van der Waals surface area (Å²) in [7, 11) is 0. The van der Waals surface area contributed by atoms with Crippen molar-refractivity contribution in [1.29, 1.82) is 0 Å². The standard InChI is InChI=1S/C24H16FN3O2S2/c25-17-9-7-16(8-10-17)19(29)14-31-24-27-21-18-5-1-2-6-20(18)32-22(21)23(30)28(24)13-15-4-3-11-26-12-15/h1-12H,13-14H2. The van der Waals surface area contributed by atoms with Crippen molar-refractivity contribution in [3.05, 3.63) is 100 Å². The third kappa shape index (κ3) is 3.94. The van der Waals surface area contributed by atoms with Gasteiger partial charge in [-0.2, -0.15) is 0 Å². The molecule has 0 bridgehead atoms. The molecule has 8 heteroatoms. The van der Waals surface area contributed by atoms with Crippen LogP contribution >= 0.6 is 23.1 Å². The van der Waals surface area contributed by atoms with Gasteiger partial charge in [0.25, 0.3) is 5.56 Å². The molecule has 0 N–H and O–H groups in total. The van der Waals surface area contributed by atoms with Gasteiger partial charge in [-0.25, -0.2) is 9.37 Å². The van der Waals surface area contributed by atoms with Gasteiger partial charge in [-0.1, -0.05) is 36.0 Å². The Morgan fingerprint density at radius 1 is 1.06 bits per heavy atom. The highest BCUT2D eigenvalue weighted by atomic mass is 32.2. The molecular formula is C24H16FN3O2S2. The lowest BCUT2D eigenvalue weighted by molar-refractivity contribution is 0.102. The Bertz CT molecular complexity index is 1500. The largest absolute Gasteiger partial charge is 0.293 e. The van der Waals surface area contributed by atoms with Crippen molar-refractivity contribution in [1.82, 2.24) is 14.5 Å². The molecule has 0 saturated carbocycles. The molecule has 5 nitrogen and oxygen atoms in total. The topological polar surface area (TPSA) is 64.8 Å². The first kappa shape index (κ1) is 20.5. The van der Waals surface area contributed by atoms with Crippen molar-refractivity contribution < 1.29 is 9.18 Å². The van der Waals surface area contributed by atoms with Crippen LogP contribution in [0.1, 0.15) is 15.9 Å². The minimum Gasteiger partial charge on any atom is -0.293 e. The van der Waals surface area contributed by atoms with E-state index >= 15 is 0 Å². The quantitative estimate of drug-likeness (QED) is 0.198. The third-order valence-electron chi connectivity index (χ3n) is 5.01. The van der Waals surface area contributed by atoms with Gasteiger partial charge in [0.05, 0.1) is 17.8 Å². The van der Waals surface area contributed by atoms with Crippen LogP contribution in [0.3, 0.4) is 0 Å². The molecule has 0 atom stereocenters. The molecule has 3 aromatic heterocycles. The van der Waals surface area contributed by atoms with Crippen molar-refractivity contribution in [3.63, 3.8) is 0 Å². The van der Waals surface area contributed by atoms with Crippen LogP contribution in [0.25, 0.3) is 20.3 Å². The molecular weight excluding hydrogens is 445 g/mol. The zero-order valence-electron chi connectivity index (χ0n) is 16.7. The summed E-state index contributed by atoms with van der Waals surface area (Å²) < 4.78 is 16.4. The molecule has 0 radical (unpaired) electrons. The van der Waals surface area contributed by atoms with Crippen LogP contribution in [0.5, 0.6) is 0 Å². The second-order valence-electron chi connectivity index (χ2n) is 7.14. The highest BCUT2D eigenvalue weighted by molar-refractivity contribution is 7.99. The first-order chi connectivity index (χ1) is 15.6. The Hall–Kier alpha value is -3.36. The van der Waals surface area contributed by atoms with Gasteiger partial charge in [-0.05, 0) is 42.0 Å². The van der Waals surface area contributed by atoms with E-state index in [1.165, 1.54) is 47.4 Å². The smallest absolute Gasteiger partial charge is 0.272 e. The number of fused-ring (bicyclic) bond motifs is 3. The molecule has 0 aliphatic rings. The number of aromatic nitrogens is 3. The van der Waals surface area contributed by atoms with Gasteiger partial charge in [0.15, 0.2) is 10.9 Å². The van der Waals surface area contributed by atoms with E-state index in [-0.39, 0.29) is 17.1 Å². The van der Waals surface area contributed by atoms with Crippen LogP contribution in [-0.2, 0) is 6.54 Å². The Morgan fingerprint density at radius 2 is 1.88 bits per heavy atom. The van der Waals surface area contributed by atoms with Crippen LogP contribution < -0.4 is 5.56 Å². The summed E-state index contributed by atoms with van der Waals surface area (Å²) in [5.41, 5.74) is 1.79. The second-order valence-corrected chi connectivity index (χ2v) is 9.14. The zero-order valence-corrected chi connectivity index (χ0v) is 18.3. The van der Waals surface area contributed by atoms with Crippen LogP contribution in [0, 0.1) is 5.82 Å². The maximum atomic E-state index is 13.4. The summed E-state index contributed by atoms with van der Waals surface area (Å²) in [6, 6.07) is 16.9. The molecule has 0 aliphatic heterocycles. The van der Waals surface area contributed by atoms with E-state index in [1.807, 2.05) is 36.4 Å². The number of hydrogen-bond donors (Lipinski definition) is 0. The predicted octanol–water partition coefficient (Wildman–Crippen LogP) is 5.17. The number of thioether (sulfide) groups is 1. The van der Waals surface area contributed by atoms with Crippen LogP contribution in [0.4, 0.5) is 4.39 Å². The fourth-order valence-electron chi connectivity index (χ4n) is 3.43. The third-order valence-corrected chi connectivity index (χ3v) is 7.13. The second kappa shape index (κ2) is 8.64. The molecule has 2 aromatic carbocycles. The van der Waals surface area contributed by atoms with Gasteiger partial charge >= 0.3 is 0 Å². The van der Waals surface area contributed by atoms with E-state index in [1.54, 1.807) is 17.0 Å². The summed E-state index contributed by atoms with van der Waals surface area (Å²) in [6.45, 7) is 0.303. The van der Waals surface area contributed by atoms with Crippen molar-refractivity contribution in [2.45, 2.75) is 11.7 Å². The number of thiophene rings is 1. The first-order valence-electron chi connectivity index (χ1n) is 9.83. The predicted molar refractivity (Wildman–Crippen MR) is 126 cm³/mol. The van der Waals surface area contributed by atoms with Gasteiger partial charge in [0.1, 0.15) is 10.5 Å². The van der Waals surface area contributed by atoms with E-state index in [9.17, 15) is 14.0 Å². The molecule has 0 aliphatic carbocycles. The lowest BCUT2D eigenvalue weighted by Crippen LogP contribution is -2.23. The van der Waals surface area contributed by atoms with Crippen molar-refractivity contribution in [2.75, 3.05) is 5.75 Å². The Morgan fingerprint density at radius 3 is 2.66 bits per heavy atom. The number of carbonyl (C=O) groups excluding carboxylic acids is 1. The molecule has 0 saturated heterocycles. The van der Waals surface area contributed by atoms with Gasteiger partial charge in [-0.3, -0.25) is 19.1 Å². The highest BCUT2D eigenvalue weighted by Gasteiger charge is 2.18. The maximum absolute atomic E-state index is 13.4. The van der Waals surface area contributed by atoms with E-state index in [4.69, 9.17) is 4.98 Å². The van der Waals surface area contributed by atoms with Crippen LogP contribution in [-0.4, -0.2) is 26.1 Å². The van der Waals surface area contributed by atoms with Gasteiger partial charge in [0, 0.05) is 28.0 Å². The maximum Gasteiger partial charge on any atom is 0.272 e. The summed E-state index contributed by atoms with van der Waals surface area (Å²) in [5.74, 6) is -0.470. The Labute approximate surface area is 190 Å². The van der Waals surface area contributed by atoms with Crippen LogP contribution in [0.2, 0.25) is 0 Å². The monoisotopic (exact) mass is 461 g/mol. The molecule has 0 spiro atoms. The summed E-state index contributed by atoms with van der Waals surface area (Å²) in [5, 5.41) is 1.38. The zero-order chi connectivity index (χ0) is 22.1. The SMILES string of the molecule is O=C(CSc1nc2c(sc3ccccc32)c(=O)n1Cc1cccnc1)c1ccc(F)cc1.